The van der Waals surface area contributed by atoms with E-state index in [1.807, 2.05) is 13.8 Å². The summed E-state index contributed by atoms with van der Waals surface area (Å²) in [6, 6.07) is 1.92. The Labute approximate surface area is 102 Å². The minimum Gasteiger partial charge on any atom is -0.375 e. The topological polar surface area (TPSA) is 85.8 Å². The van der Waals surface area contributed by atoms with Crippen LogP contribution < -0.4 is 11.1 Å². The molecule has 0 fully saturated rings. The summed E-state index contributed by atoms with van der Waals surface area (Å²) < 4.78 is 1.73. The van der Waals surface area contributed by atoms with Gasteiger partial charge in [0.15, 0.2) is 5.13 Å². The number of rotatable bonds is 3. The lowest BCUT2D eigenvalue weighted by Crippen LogP contribution is -2.17. The molecule has 0 radical (unpaired) electrons. The number of anilines is 2. The molecule has 0 spiro atoms. The zero-order valence-corrected chi connectivity index (χ0v) is 10.4. The Morgan fingerprint density at radius 3 is 2.94 bits per heavy atom. The molecule has 0 aromatic carbocycles. The quantitative estimate of drug-likeness (QED) is 0.870. The molecule has 1 amide bonds. The molecular weight excluding hydrogens is 238 g/mol. The van der Waals surface area contributed by atoms with Crippen molar-refractivity contribution in [2.75, 3.05) is 11.1 Å². The summed E-state index contributed by atoms with van der Waals surface area (Å²) in [6.07, 6.45) is 1.64. The zero-order chi connectivity index (χ0) is 12.4. The van der Waals surface area contributed by atoms with E-state index in [2.05, 4.69) is 15.4 Å². The maximum atomic E-state index is 11.8. The summed E-state index contributed by atoms with van der Waals surface area (Å²) in [5.41, 5.74) is 5.80. The van der Waals surface area contributed by atoms with Crippen LogP contribution in [0.25, 0.3) is 0 Å². The fraction of sp³-hybridized carbons (Fsp3) is 0.300. The summed E-state index contributed by atoms with van der Waals surface area (Å²) in [5, 5.41) is 8.89. The first-order valence-electron chi connectivity index (χ1n) is 5.14. The molecule has 2 rings (SSSR count). The number of aromatic nitrogens is 3. The Morgan fingerprint density at radius 2 is 2.35 bits per heavy atom. The molecule has 17 heavy (non-hydrogen) atoms. The number of thiazole rings is 1. The van der Waals surface area contributed by atoms with Gasteiger partial charge in [-0.05, 0) is 13.8 Å². The van der Waals surface area contributed by atoms with Crippen LogP contribution >= 0.6 is 11.3 Å². The van der Waals surface area contributed by atoms with Crippen molar-refractivity contribution >= 4 is 28.2 Å². The summed E-state index contributed by atoms with van der Waals surface area (Å²) >= 11 is 1.24. The van der Waals surface area contributed by atoms with E-state index in [1.54, 1.807) is 22.3 Å². The van der Waals surface area contributed by atoms with Crippen LogP contribution in [-0.2, 0) is 0 Å². The third-order valence-electron chi connectivity index (χ3n) is 2.16. The van der Waals surface area contributed by atoms with Crippen molar-refractivity contribution in [1.29, 1.82) is 0 Å². The van der Waals surface area contributed by atoms with Gasteiger partial charge in [0.25, 0.3) is 5.91 Å². The first-order chi connectivity index (χ1) is 8.08. The molecule has 0 atom stereocenters. The number of nitrogens with two attached hydrogens (primary N) is 1. The second-order valence-corrected chi connectivity index (χ2v) is 4.67. The van der Waals surface area contributed by atoms with Crippen LogP contribution in [0.3, 0.4) is 0 Å². The second-order valence-electron chi connectivity index (χ2n) is 3.78. The molecule has 0 bridgehead atoms. The number of amides is 1. The van der Waals surface area contributed by atoms with Crippen molar-refractivity contribution in [3.8, 4) is 0 Å². The average Bonchev–Trinajstić information content (AvgIpc) is 2.86. The predicted molar refractivity (Wildman–Crippen MR) is 67.1 cm³/mol. The Balaban J connectivity index is 2.16. The van der Waals surface area contributed by atoms with Crippen LogP contribution in [0.15, 0.2) is 17.6 Å². The zero-order valence-electron chi connectivity index (χ0n) is 9.54. The number of hydrogen-bond donors (Lipinski definition) is 2. The average molecular weight is 251 g/mol. The van der Waals surface area contributed by atoms with Gasteiger partial charge in [0.1, 0.15) is 11.5 Å². The molecule has 90 valence electrons. The Bertz CT molecular complexity index is 530. The van der Waals surface area contributed by atoms with E-state index in [-0.39, 0.29) is 11.9 Å². The number of hydrogen-bond acceptors (Lipinski definition) is 5. The molecular formula is C10H13N5OS. The lowest BCUT2D eigenvalue weighted by atomic mass is 10.4. The van der Waals surface area contributed by atoms with Crippen LogP contribution in [0, 0.1) is 0 Å². The lowest BCUT2D eigenvalue weighted by Gasteiger charge is -2.10. The summed E-state index contributed by atoms with van der Waals surface area (Å²) in [4.78, 5) is 15.8. The molecule has 0 saturated carbocycles. The Kier molecular flexibility index (Phi) is 3.10. The second kappa shape index (κ2) is 4.54. The highest BCUT2D eigenvalue weighted by atomic mass is 32.1. The van der Waals surface area contributed by atoms with Gasteiger partial charge in [0, 0.05) is 17.5 Å². The number of nitrogen functional groups attached to an aromatic ring is 1. The Hall–Kier alpha value is -1.89. The molecule has 0 aliphatic rings. The smallest absolute Gasteiger partial charge is 0.276 e. The summed E-state index contributed by atoms with van der Waals surface area (Å²) in [5.74, 6) is 0.372. The number of nitrogens with zero attached hydrogens (tertiary/aromatic N) is 3. The van der Waals surface area contributed by atoms with E-state index in [1.165, 1.54) is 11.3 Å². The van der Waals surface area contributed by atoms with E-state index < -0.39 is 0 Å². The van der Waals surface area contributed by atoms with E-state index >= 15 is 0 Å². The van der Waals surface area contributed by atoms with E-state index in [4.69, 9.17) is 5.73 Å². The third kappa shape index (κ3) is 2.44. The first-order valence-corrected chi connectivity index (χ1v) is 6.01. The minimum absolute atomic E-state index is 0.181. The molecule has 3 N–H and O–H groups in total. The highest BCUT2D eigenvalue weighted by Crippen LogP contribution is 2.16. The molecule has 2 aromatic rings. The van der Waals surface area contributed by atoms with Crippen molar-refractivity contribution in [2.24, 2.45) is 0 Å². The van der Waals surface area contributed by atoms with Gasteiger partial charge >= 0.3 is 0 Å². The molecule has 0 aliphatic carbocycles. The molecule has 0 unspecified atom stereocenters. The fourth-order valence-corrected chi connectivity index (χ4v) is 1.94. The first kappa shape index (κ1) is 11.6. The van der Waals surface area contributed by atoms with Crippen molar-refractivity contribution in [3.05, 3.63) is 23.3 Å². The van der Waals surface area contributed by atoms with Crippen LogP contribution in [-0.4, -0.2) is 20.7 Å². The van der Waals surface area contributed by atoms with Gasteiger partial charge < -0.3 is 11.1 Å². The normalized spacial score (nSPS) is 10.8. The van der Waals surface area contributed by atoms with Crippen molar-refractivity contribution in [1.82, 2.24) is 14.8 Å². The molecule has 7 heteroatoms. The molecule has 2 aromatic heterocycles. The van der Waals surface area contributed by atoms with Crippen LogP contribution in [0.2, 0.25) is 0 Å². The number of carbonyl (C=O) groups is 1. The standard InChI is InChI=1S/C10H13N5OS/c1-6(2)15-8(3-4-12-15)14-9(16)7-5-17-10(11)13-7/h3-6H,1-2H3,(H2,11,13)(H,14,16). The van der Waals surface area contributed by atoms with Gasteiger partial charge in [-0.1, -0.05) is 0 Å². The van der Waals surface area contributed by atoms with E-state index in [0.29, 0.717) is 16.6 Å². The predicted octanol–water partition coefficient (Wildman–Crippen LogP) is 1.75. The maximum absolute atomic E-state index is 11.8. The minimum atomic E-state index is -0.277. The van der Waals surface area contributed by atoms with Gasteiger partial charge in [-0.3, -0.25) is 4.79 Å². The Morgan fingerprint density at radius 1 is 1.59 bits per heavy atom. The molecule has 6 nitrogen and oxygen atoms in total. The van der Waals surface area contributed by atoms with Gasteiger partial charge in [-0.2, -0.15) is 5.10 Å². The van der Waals surface area contributed by atoms with Gasteiger partial charge in [-0.15, -0.1) is 11.3 Å². The summed E-state index contributed by atoms with van der Waals surface area (Å²) in [6.45, 7) is 3.98. The van der Waals surface area contributed by atoms with Gasteiger partial charge in [0.05, 0.1) is 6.20 Å². The van der Waals surface area contributed by atoms with Gasteiger partial charge in [0.2, 0.25) is 0 Å². The number of carbonyl (C=O) groups excluding carboxylic acids is 1. The fourth-order valence-electron chi connectivity index (χ4n) is 1.40. The largest absolute Gasteiger partial charge is 0.375 e. The van der Waals surface area contributed by atoms with Crippen LogP contribution in [0.4, 0.5) is 10.9 Å². The molecule has 2 heterocycles. The van der Waals surface area contributed by atoms with Gasteiger partial charge in [-0.25, -0.2) is 9.67 Å². The number of nitrogens with one attached hydrogen (secondary N) is 1. The van der Waals surface area contributed by atoms with E-state index in [0.717, 1.165) is 0 Å². The third-order valence-corrected chi connectivity index (χ3v) is 2.83. The van der Waals surface area contributed by atoms with Crippen LogP contribution in [0.1, 0.15) is 30.4 Å². The highest BCUT2D eigenvalue weighted by molar-refractivity contribution is 7.13. The monoisotopic (exact) mass is 251 g/mol. The van der Waals surface area contributed by atoms with Crippen molar-refractivity contribution in [2.45, 2.75) is 19.9 Å². The lowest BCUT2D eigenvalue weighted by molar-refractivity contribution is 0.102. The maximum Gasteiger partial charge on any atom is 0.276 e. The molecule has 0 aliphatic heterocycles. The van der Waals surface area contributed by atoms with E-state index in [9.17, 15) is 4.79 Å². The van der Waals surface area contributed by atoms with Crippen LogP contribution in [0.5, 0.6) is 0 Å². The molecule has 0 saturated heterocycles. The summed E-state index contributed by atoms with van der Waals surface area (Å²) in [7, 11) is 0. The van der Waals surface area contributed by atoms with Crippen molar-refractivity contribution < 1.29 is 4.79 Å². The highest BCUT2D eigenvalue weighted by Gasteiger charge is 2.13. The van der Waals surface area contributed by atoms with Crippen molar-refractivity contribution in [3.63, 3.8) is 0 Å². The SMILES string of the molecule is CC(C)n1nccc1NC(=O)c1csc(N)n1.